The van der Waals surface area contributed by atoms with E-state index in [0.717, 1.165) is 30.4 Å². The number of nitriles is 1. The summed E-state index contributed by atoms with van der Waals surface area (Å²) in [6, 6.07) is 9.24. The van der Waals surface area contributed by atoms with E-state index in [1.54, 1.807) is 22.1 Å². The van der Waals surface area contributed by atoms with E-state index in [1.807, 2.05) is 17.0 Å². The number of rotatable bonds is 5. The summed E-state index contributed by atoms with van der Waals surface area (Å²) in [5.74, 6) is 0.426. The molecule has 0 radical (unpaired) electrons. The fraction of sp³-hybridized carbons (Fsp3) is 0.350. The normalized spacial score (nSPS) is 16.9. The molecule has 1 atom stereocenters. The molecule has 1 fully saturated rings. The quantitative estimate of drug-likeness (QED) is 0.594. The number of piperidine rings is 1. The van der Waals surface area contributed by atoms with Crippen molar-refractivity contribution in [1.29, 1.82) is 5.26 Å². The second-order valence-electron chi connectivity index (χ2n) is 7.62. The largest absolute Gasteiger partial charge is 0.341 e. The molecular weight excluding hydrogens is 436 g/mol. The average Bonchev–Trinajstić information content (AvgIpc) is 3.11. The van der Waals surface area contributed by atoms with Gasteiger partial charge >= 0.3 is 0 Å². The Morgan fingerprint density at radius 3 is 2.87 bits per heavy atom. The van der Waals surface area contributed by atoms with Crippen LogP contribution in [0.15, 0.2) is 34.4 Å². The number of anilines is 2. The van der Waals surface area contributed by atoms with E-state index >= 15 is 0 Å². The van der Waals surface area contributed by atoms with E-state index in [0.29, 0.717) is 40.4 Å². The number of hydrogen-bond donors (Lipinski definition) is 2. The summed E-state index contributed by atoms with van der Waals surface area (Å²) < 4.78 is 27.9. The maximum atomic E-state index is 13.5. The van der Waals surface area contributed by atoms with Crippen LogP contribution in [0.3, 0.4) is 0 Å². The van der Waals surface area contributed by atoms with Crippen molar-refractivity contribution in [3.8, 4) is 6.07 Å². The number of nitrogens with one attached hydrogen (secondary N) is 1. The van der Waals surface area contributed by atoms with E-state index < -0.39 is 10.0 Å². The molecule has 0 aliphatic carbocycles. The zero-order chi connectivity index (χ0) is 22.2. The molecule has 1 aliphatic heterocycles. The lowest BCUT2D eigenvalue weighted by atomic mass is 10.1. The zero-order valence-electron chi connectivity index (χ0n) is 16.9. The summed E-state index contributed by atoms with van der Waals surface area (Å²) in [6.07, 6.45) is 2.81. The van der Waals surface area contributed by atoms with Crippen LogP contribution in [0.25, 0.3) is 10.2 Å². The van der Waals surface area contributed by atoms with Gasteiger partial charge in [0, 0.05) is 24.5 Å². The number of sulfonamides is 1. The lowest BCUT2D eigenvalue weighted by Gasteiger charge is -2.33. The molecule has 0 bridgehead atoms. The first-order valence-corrected chi connectivity index (χ1v) is 12.5. The molecule has 31 heavy (non-hydrogen) atoms. The fourth-order valence-electron chi connectivity index (χ4n) is 3.77. The number of benzene rings is 1. The minimum atomic E-state index is -3.53. The molecule has 1 aliphatic rings. The number of fused-ring (bicyclic) bond motifs is 1. The summed E-state index contributed by atoms with van der Waals surface area (Å²) in [7, 11) is -3.53. The highest BCUT2D eigenvalue weighted by Crippen LogP contribution is 2.30. The number of hydrogen-bond acceptors (Lipinski definition) is 8. The molecule has 0 amide bonds. The molecule has 2 aromatic heterocycles. The molecular formula is C20H22N6O3S2. The van der Waals surface area contributed by atoms with Crippen LogP contribution < -0.4 is 20.9 Å². The first kappa shape index (κ1) is 21.3. The van der Waals surface area contributed by atoms with Gasteiger partial charge in [0.05, 0.1) is 30.1 Å². The zero-order valence-corrected chi connectivity index (χ0v) is 18.5. The molecule has 3 heterocycles. The van der Waals surface area contributed by atoms with Crippen LogP contribution in [0.4, 0.5) is 11.6 Å². The minimum Gasteiger partial charge on any atom is -0.341 e. The van der Waals surface area contributed by atoms with E-state index in [2.05, 4.69) is 10.8 Å². The van der Waals surface area contributed by atoms with Crippen molar-refractivity contribution in [3.05, 3.63) is 51.1 Å². The highest BCUT2D eigenvalue weighted by molar-refractivity contribution is 7.92. The molecule has 162 valence electrons. The van der Waals surface area contributed by atoms with Crippen molar-refractivity contribution >= 4 is 43.2 Å². The number of nitrogens with zero attached hydrogens (tertiary/aromatic N) is 4. The highest BCUT2D eigenvalue weighted by atomic mass is 32.2. The predicted octanol–water partition coefficient (Wildman–Crippen LogP) is 1.68. The smallest absolute Gasteiger partial charge is 0.273 e. The number of nitrogens with two attached hydrogens (primary N) is 1. The Labute approximate surface area is 183 Å². The lowest BCUT2D eigenvalue weighted by molar-refractivity contribution is 0.492. The van der Waals surface area contributed by atoms with Crippen molar-refractivity contribution in [2.75, 3.05) is 29.0 Å². The van der Waals surface area contributed by atoms with Crippen molar-refractivity contribution in [3.63, 3.8) is 0 Å². The highest BCUT2D eigenvalue weighted by Gasteiger charge is 2.25. The number of thiophene rings is 1. The molecule has 4 rings (SSSR count). The Hall–Kier alpha value is -2.94. The molecule has 11 heteroatoms. The predicted molar refractivity (Wildman–Crippen MR) is 122 cm³/mol. The Bertz CT molecular complexity index is 1340. The van der Waals surface area contributed by atoms with Gasteiger partial charge in [0.15, 0.2) is 0 Å². The lowest BCUT2D eigenvalue weighted by Crippen LogP contribution is -2.45. The SMILES string of the molecule is CS(=O)(=O)Nc1csc2c(=O)n(Cc3ccccc3C#N)c(N3CCC[C@@H](N)C3)nc12. The average molecular weight is 459 g/mol. The van der Waals surface area contributed by atoms with Gasteiger partial charge in [0.2, 0.25) is 16.0 Å². The van der Waals surface area contributed by atoms with Crippen molar-refractivity contribution < 1.29 is 8.42 Å². The standard InChI is InChI=1S/C20H22N6O3S2/c1-31(28,29)24-16-12-30-18-17(16)23-20(25-8-4-7-15(22)11-25)26(19(18)27)10-14-6-3-2-5-13(14)9-21/h2-3,5-6,12,15,24H,4,7-8,10-11,22H2,1H3/t15-/m1/s1. The van der Waals surface area contributed by atoms with Gasteiger partial charge in [-0.05, 0) is 24.5 Å². The Kier molecular flexibility index (Phi) is 5.70. The molecule has 1 saturated heterocycles. The van der Waals surface area contributed by atoms with Gasteiger partial charge < -0.3 is 10.6 Å². The number of aromatic nitrogens is 2. The van der Waals surface area contributed by atoms with E-state index in [-0.39, 0.29) is 23.8 Å². The van der Waals surface area contributed by atoms with Crippen LogP contribution in [0.5, 0.6) is 0 Å². The Balaban J connectivity index is 1.91. The van der Waals surface area contributed by atoms with Crippen LogP contribution in [-0.4, -0.2) is 43.4 Å². The van der Waals surface area contributed by atoms with Crippen LogP contribution in [-0.2, 0) is 16.6 Å². The first-order chi connectivity index (χ1) is 14.8. The minimum absolute atomic E-state index is 0.0442. The maximum Gasteiger partial charge on any atom is 0.273 e. The van der Waals surface area contributed by atoms with Gasteiger partial charge in [-0.3, -0.25) is 14.1 Å². The summed E-state index contributed by atoms with van der Waals surface area (Å²) in [4.78, 5) is 20.2. The fourth-order valence-corrected chi connectivity index (χ4v) is 5.29. The molecule has 3 aromatic rings. The topological polar surface area (TPSA) is 134 Å². The van der Waals surface area contributed by atoms with E-state index in [4.69, 9.17) is 10.7 Å². The molecule has 0 unspecified atom stereocenters. The monoisotopic (exact) mass is 458 g/mol. The van der Waals surface area contributed by atoms with Crippen molar-refractivity contribution in [2.45, 2.75) is 25.4 Å². The van der Waals surface area contributed by atoms with Crippen LogP contribution >= 0.6 is 11.3 Å². The molecule has 0 spiro atoms. The Morgan fingerprint density at radius 1 is 1.39 bits per heavy atom. The summed E-state index contributed by atoms with van der Waals surface area (Å²) in [5, 5.41) is 11.0. The molecule has 9 nitrogen and oxygen atoms in total. The summed E-state index contributed by atoms with van der Waals surface area (Å²) in [6.45, 7) is 1.40. The van der Waals surface area contributed by atoms with Gasteiger partial charge in [0.25, 0.3) is 5.56 Å². The third kappa shape index (κ3) is 4.41. The maximum absolute atomic E-state index is 13.5. The first-order valence-electron chi connectivity index (χ1n) is 9.75. The van der Waals surface area contributed by atoms with Crippen LogP contribution in [0, 0.1) is 11.3 Å². The van der Waals surface area contributed by atoms with Crippen LogP contribution in [0.1, 0.15) is 24.0 Å². The van der Waals surface area contributed by atoms with Gasteiger partial charge in [-0.15, -0.1) is 11.3 Å². The van der Waals surface area contributed by atoms with Gasteiger partial charge in [-0.25, -0.2) is 13.4 Å². The van der Waals surface area contributed by atoms with Crippen LogP contribution in [0.2, 0.25) is 0 Å². The van der Waals surface area contributed by atoms with Crippen molar-refractivity contribution in [2.24, 2.45) is 5.73 Å². The van der Waals surface area contributed by atoms with Crippen molar-refractivity contribution in [1.82, 2.24) is 9.55 Å². The third-order valence-corrected chi connectivity index (χ3v) is 6.71. The summed E-state index contributed by atoms with van der Waals surface area (Å²) >= 11 is 1.14. The second-order valence-corrected chi connectivity index (χ2v) is 10.2. The van der Waals surface area contributed by atoms with E-state index in [9.17, 15) is 18.5 Å². The molecule has 0 saturated carbocycles. The van der Waals surface area contributed by atoms with Gasteiger partial charge in [0.1, 0.15) is 10.2 Å². The third-order valence-electron chi connectivity index (χ3n) is 5.16. The molecule has 1 aromatic carbocycles. The summed E-state index contributed by atoms with van der Waals surface area (Å²) in [5.41, 5.74) is 7.69. The second kappa shape index (κ2) is 8.30. The van der Waals surface area contributed by atoms with Gasteiger partial charge in [-0.2, -0.15) is 5.26 Å². The van der Waals surface area contributed by atoms with E-state index in [1.165, 1.54) is 0 Å². The molecule has 3 N–H and O–H groups in total. The Morgan fingerprint density at radius 2 is 2.16 bits per heavy atom. The van der Waals surface area contributed by atoms with Gasteiger partial charge in [-0.1, -0.05) is 18.2 Å².